The first-order valence-corrected chi connectivity index (χ1v) is 14.9. The number of para-hydroxylation sites is 1. The third-order valence-electron chi connectivity index (χ3n) is 9.24. The lowest BCUT2D eigenvalue weighted by Gasteiger charge is -2.38. The highest BCUT2D eigenvalue weighted by Crippen LogP contribution is 2.51. The molecule has 0 radical (unpaired) electrons. The van der Waals surface area contributed by atoms with Gasteiger partial charge >= 0.3 is 0 Å². The minimum Gasteiger partial charge on any atom is -0.456 e. The molecular weight excluding hydrogens is 498 g/mol. The molecular formula is C35H30NO2S+. The summed E-state index contributed by atoms with van der Waals surface area (Å²) in [5.41, 5.74) is 7.77. The smallest absolute Gasteiger partial charge is 0.223 e. The normalized spacial score (nSPS) is 16.3. The summed E-state index contributed by atoms with van der Waals surface area (Å²) in [5, 5.41) is 4.56. The van der Waals surface area contributed by atoms with E-state index < -0.39 is 0 Å². The van der Waals surface area contributed by atoms with Gasteiger partial charge in [0.25, 0.3) is 0 Å². The van der Waals surface area contributed by atoms with Crippen LogP contribution in [-0.4, -0.2) is 0 Å². The van der Waals surface area contributed by atoms with Crippen molar-refractivity contribution < 1.29 is 13.4 Å². The van der Waals surface area contributed by atoms with E-state index in [0.29, 0.717) is 5.92 Å². The van der Waals surface area contributed by atoms with Crippen molar-refractivity contribution in [3.05, 3.63) is 90.6 Å². The first kappa shape index (κ1) is 23.0. The second-order valence-corrected chi connectivity index (χ2v) is 11.9. The van der Waals surface area contributed by atoms with Crippen LogP contribution in [0.25, 0.3) is 64.9 Å². The Morgan fingerprint density at radius 1 is 0.718 bits per heavy atom. The van der Waals surface area contributed by atoms with Crippen LogP contribution in [-0.2, 0) is 5.54 Å². The molecule has 1 aliphatic heterocycles. The number of pyridine rings is 1. The van der Waals surface area contributed by atoms with Crippen LogP contribution >= 0.6 is 11.3 Å². The van der Waals surface area contributed by atoms with E-state index in [9.17, 15) is 0 Å². The van der Waals surface area contributed by atoms with Gasteiger partial charge in [-0.25, -0.2) is 0 Å². The van der Waals surface area contributed by atoms with Crippen LogP contribution in [0.1, 0.15) is 51.5 Å². The number of fused-ring (bicyclic) bond motifs is 9. The Balaban J connectivity index is 1.33. The van der Waals surface area contributed by atoms with E-state index in [1.54, 1.807) is 0 Å². The summed E-state index contributed by atoms with van der Waals surface area (Å²) in [6.45, 7) is 7.06. The Hall–Kier alpha value is -3.89. The second-order valence-electron chi connectivity index (χ2n) is 10.9. The van der Waals surface area contributed by atoms with Crippen molar-refractivity contribution in [2.45, 2.75) is 51.5 Å². The quantitative estimate of drug-likeness (QED) is 0.213. The monoisotopic (exact) mass is 528 g/mol. The summed E-state index contributed by atoms with van der Waals surface area (Å²) < 4.78 is 15.0. The average molecular weight is 529 g/mol. The summed E-state index contributed by atoms with van der Waals surface area (Å²) in [5.74, 6) is 0.494. The fourth-order valence-electron chi connectivity index (χ4n) is 7.31. The molecule has 1 atom stereocenters. The molecule has 7 aromatic rings. The van der Waals surface area contributed by atoms with Crippen LogP contribution in [0, 0.1) is 0 Å². The summed E-state index contributed by atoms with van der Waals surface area (Å²) in [6.07, 6.45) is 5.68. The molecule has 0 saturated carbocycles. The van der Waals surface area contributed by atoms with E-state index in [4.69, 9.17) is 8.83 Å². The molecule has 0 fully saturated rings. The number of aromatic nitrogens is 1. The van der Waals surface area contributed by atoms with Crippen LogP contribution in [0.4, 0.5) is 0 Å². The first-order chi connectivity index (χ1) is 19.1. The van der Waals surface area contributed by atoms with Gasteiger partial charge in [-0.1, -0.05) is 39.0 Å². The van der Waals surface area contributed by atoms with Crippen LogP contribution in [0.15, 0.2) is 93.9 Å². The second kappa shape index (κ2) is 8.30. The van der Waals surface area contributed by atoms with Crippen molar-refractivity contribution in [1.29, 1.82) is 0 Å². The van der Waals surface area contributed by atoms with Crippen molar-refractivity contribution in [3.8, 4) is 21.0 Å². The van der Waals surface area contributed by atoms with Gasteiger partial charge in [0.2, 0.25) is 5.69 Å². The predicted octanol–water partition coefficient (Wildman–Crippen LogP) is 10.2. The minimum atomic E-state index is 0.111. The number of hydrogen-bond acceptors (Lipinski definition) is 3. The van der Waals surface area contributed by atoms with Gasteiger partial charge in [0.15, 0.2) is 11.7 Å². The third kappa shape index (κ3) is 3.07. The zero-order valence-corrected chi connectivity index (χ0v) is 23.3. The van der Waals surface area contributed by atoms with E-state index in [2.05, 4.69) is 92.2 Å². The zero-order chi connectivity index (χ0) is 26.3. The molecule has 1 unspecified atom stereocenters. The number of thiophene rings is 1. The molecule has 0 amide bonds. The maximum absolute atomic E-state index is 6.31. The highest BCUT2D eigenvalue weighted by Gasteiger charge is 2.51. The molecule has 4 heteroatoms. The van der Waals surface area contributed by atoms with Gasteiger partial charge in [0, 0.05) is 57.5 Å². The molecule has 0 N–H and O–H groups in total. The third-order valence-corrected chi connectivity index (χ3v) is 10.5. The number of furan rings is 2. The summed E-state index contributed by atoms with van der Waals surface area (Å²) in [6, 6.07) is 28.3. The number of benzene rings is 3. The topological polar surface area (TPSA) is 30.2 Å². The van der Waals surface area contributed by atoms with Gasteiger partial charge in [0.05, 0.1) is 5.92 Å². The Morgan fingerprint density at radius 3 is 2.23 bits per heavy atom. The van der Waals surface area contributed by atoms with E-state index in [-0.39, 0.29) is 5.54 Å². The molecule has 8 rings (SSSR count). The lowest BCUT2D eigenvalue weighted by molar-refractivity contribution is -0.762. The molecule has 0 saturated heterocycles. The summed E-state index contributed by atoms with van der Waals surface area (Å²) in [7, 11) is 0. The highest BCUT2D eigenvalue weighted by molar-refractivity contribution is 7.19. The summed E-state index contributed by atoms with van der Waals surface area (Å²) in [4.78, 5) is 2.74. The van der Waals surface area contributed by atoms with Crippen LogP contribution in [0.5, 0.6) is 0 Å². The fraction of sp³-hybridized carbons (Fsp3) is 0.229. The predicted molar refractivity (Wildman–Crippen MR) is 162 cm³/mol. The van der Waals surface area contributed by atoms with E-state index >= 15 is 0 Å². The van der Waals surface area contributed by atoms with Gasteiger partial charge in [-0.15, -0.1) is 11.3 Å². The minimum absolute atomic E-state index is 0.111. The molecule has 4 aromatic heterocycles. The Labute approximate surface area is 231 Å². The zero-order valence-electron chi connectivity index (χ0n) is 22.5. The van der Waals surface area contributed by atoms with Crippen LogP contribution in [0.2, 0.25) is 0 Å². The van der Waals surface area contributed by atoms with Crippen molar-refractivity contribution in [1.82, 2.24) is 0 Å². The van der Waals surface area contributed by atoms with E-state index in [0.717, 1.165) is 63.1 Å². The Bertz CT molecular complexity index is 2050. The standard InChI is InChI=1S/C35H30NO2S/c1-4-27-26-19-33(39-34(26)28-12-9-10-16-36(28)35(27,5-2)6-3)21-14-15-30-23(17-21)25-18-24-22-11-7-8-13-29(22)37-31(24)20-32(25)38-30/h7-20,27H,4-6H2,1-3H3/q+1. The lowest BCUT2D eigenvalue weighted by atomic mass is 9.71. The SMILES string of the molecule is CCC1c2cc(-c3ccc4oc5cc6oc7ccccc7c6cc5c4c3)sc2-c2cccc[n+]2C1(CC)CC. The Morgan fingerprint density at radius 2 is 1.44 bits per heavy atom. The number of hydrogen-bond donors (Lipinski definition) is 0. The van der Waals surface area contributed by atoms with E-state index in [1.165, 1.54) is 26.6 Å². The van der Waals surface area contributed by atoms with Crippen molar-refractivity contribution in [2.24, 2.45) is 0 Å². The van der Waals surface area contributed by atoms with Crippen LogP contribution < -0.4 is 4.57 Å². The van der Waals surface area contributed by atoms with Gasteiger partial charge in [0.1, 0.15) is 27.2 Å². The molecule has 0 aliphatic carbocycles. The summed E-state index contributed by atoms with van der Waals surface area (Å²) >= 11 is 1.93. The maximum Gasteiger partial charge on any atom is 0.223 e. The molecule has 3 nitrogen and oxygen atoms in total. The molecule has 0 bridgehead atoms. The van der Waals surface area contributed by atoms with Crippen molar-refractivity contribution >= 4 is 55.2 Å². The average Bonchev–Trinajstić information content (AvgIpc) is 3.68. The molecule has 39 heavy (non-hydrogen) atoms. The molecule has 192 valence electrons. The largest absolute Gasteiger partial charge is 0.456 e. The molecule has 1 aliphatic rings. The maximum atomic E-state index is 6.31. The fourth-order valence-corrected chi connectivity index (χ4v) is 8.55. The van der Waals surface area contributed by atoms with E-state index in [1.807, 2.05) is 29.5 Å². The highest BCUT2D eigenvalue weighted by atomic mass is 32.1. The van der Waals surface area contributed by atoms with Gasteiger partial charge in [-0.3, -0.25) is 0 Å². The van der Waals surface area contributed by atoms with Crippen LogP contribution in [0.3, 0.4) is 0 Å². The molecule has 3 aromatic carbocycles. The van der Waals surface area contributed by atoms with Gasteiger partial charge < -0.3 is 8.83 Å². The van der Waals surface area contributed by atoms with Crippen molar-refractivity contribution in [3.63, 3.8) is 0 Å². The molecule has 5 heterocycles. The molecule has 0 spiro atoms. The van der Waals surface area contributed by atoms with Crippen molar-refractivity contribution in [2.75, 3.05) is 0 Å². The lowest BCUT2D eigenvalue weighted by Crippen LogP contribution is -2.61. The van der Waals surface area contributed by atoms with Gasteiger partial charge in [-0.05, 0) is 60.0 Å². The Kier molecular flexibility index (Phi) is 4.90. The number of rotatable bonds is 4. The van der Waals surface area contributed by atoms with Gasteiger partial charge in [-0.2, -0.15) is 4.57 Å². The first-order valence-electron chi connectivity index (χ1n) is 14.1. The number of nitrogens with zero attached hydrogens (tertiary/aromatic N) is 1.